The van der Waals surface area contributed by atoms with Crippen molar-refractivity contribution in [2.45, 2.75) is 25.9 Å². The smallest absolute Gasteiger partial charge is 0.242 e. The third-order valence-corrected chi connectivity index (χ3v) is 4.00. The number of Topliss-reactive ketones (excluding diaryl/α,β-unsaturated/α-hetero) is 1. The second-order valence-corrected chi connectivity index (χ2v) is 5.55. The number of amides is 1. The Morgan fingerprint density at radius 3 is 2.91 bits per heavy atom. The summed E-state index contributed by atoms with van der Waals surface area (Å²) in [5, 5.41) is 2.88. The number of fused-ring (bicyclic) bond motifs is 1. The highest BCUT2D eigenvalue weighted by Gasteiger charge is 2.31. The van der Waals surface area contributed by atoms with Crippen LogP contribution in [0.4, 0.5) is 5.69 Å². The summed E-state index contributed by atoms with van der Waals surface area (Å²) in [6.45, 7) is 2.15. The van der Waals surface area contributed by atoms with Gasteiger partial charge in [-0.3, -0.25) is 14.5 Å². The number of nitrogens with one attached hydrogen (secondary N) is 2. The second-order valence-electron chi connectivity index (χ2n) is 5.55. The number of benzene rings is 1. The zero-order valence-electron chi connectivity index (χ0n) is 12.6. The lowest BCUT2D eigenvalue weighted by Crippen LogP contribution is -2.46. The van der Waals surface area contributed by atoms with E-state index in [1.807, 2.05) is 11.9 Å². The van der Waals surface area contributed by atoms with Gasteiger partial charge in [0.2, 0.25) is 5.91 Å². The molecule has 114 valence electrons. The predicted molar refractivity (Wildman–Crippen MR) is 82.6 cm³/mol. The second kappa shape index (κ2) is 5.73. The van der Waals surface area contributed by atoms with Gasteiger partial charge < -0.3 is 10.3 Å². The van der Waals surface area contributed by atoms with E-state index in [2.05, 4.69) is 15.3 Å². The minimum atomic E-state index is -0.296. The van der Waals surface area contributed by atoms with Gasteiger partial charge in [0.15, 0.2) is 5.78 Å². The molecule has 0 aliphatic carbocycles. The maximum absolute atomic E-state index is 12.6. The summed E-state index contributed by atoms with van der Waals surface area (Å²) >= 11 is 0. The van der Waals surface area contributed by atoms with Gasteiger partial charge in [0.05, 0.1) is 29.4 Å². The fourth-order valence-corrected chi connectivity index (χ4v) is 2.77. The fraction of sp³-hybridized carbons (Fsp3) is 0.312. The first-order valence-electron chi connectivity index (χ1n) is 7.18. The van der Waals surface area contributed by atoms with Gasteiger partial charge in [-0.25, -0.2) is 4.98 Å². The van der Waals surface area contributed by atoms with Crippen molar-refractivity contribution in [1.82, 2.24) is 14.9 Å². The molecule has 1 atom stereocenters. The number of aromatic nitrogens is 2. The molecule has 2 heterocycles. The van der Waals surface area contributed by atoms with Gasteiger partial charge in [0.25, 0.3) is 0 Å². The lowest BCUT2D eigenvalue weighted by atomic mass is 10.0. The normalized spacial score (nSPS) is 17.8. The molecule has 0 radical (unpaired) electrons. The summed E-state index contributed by atoms with van der Waals surface area (Å²) in [6, 6.07) is 6.76. The number of carbonyl (C=O) groups is 2. The number of ketones is 1. The Labute approximate surface area is 128 Å². The van der Waals surface area contributed by atoms with E-state index in [0.717, 1.165) is 11.4 Å². The first kappa shape index (κ1) is 14.5. The van der Waals surface area contributed by atoms with Crippen molar-refractivity contribution in [2.75, 3.05) is 12.4 Å². The zero-order valence-corrected chi connectivity index (χ0v) is 12.6. The summed E-state index contributed by atoms with van der Waals surface area (Å²) in [6.07, 6.45) is 2.22. The van der Waals surface area contributed by atoms with Crippen LogP contribution >= 0.6 is 0 Å². The topological polar surface area (TPSA) is 78.1 Å². The molecule has 1 unspecified atom stereocenters. The maximum Gasteiger partial charge on any atom is 0.242 e. The molecule has 1 amide bonds. The van der Waals surface area contributed by atoms with Crippen molar-refractivity contribution >= 4 is 17.4 Å². The first-order valence-corrected chi connectivity index (χ1v) is 7.18. The van der Waals surface area contributed by atoms with Gasteiger partial charge in [0, 0.05) is 18.5 Å². The molecular formula is C16H18N4O2. The average molecular weight is 298 g/mol. The molecule has 1 aromatic heterocycles. The Bertz CT molecular complexity index is 722. The molecule has 0 bridgehead atoms. The third kappa shape index (κ3) is 2.65. The van der Waals surface area contributed by atoms with E-state index in [-0.39, 0.29) is 17.7 Å². The molecule has 3 rings (SSSR count). The lowest BCUT2D eigenvalue weighted by Gasteiger charge is -2.30. The molecule has 0 saturated heterocycles. The number of hydrogen-bond donors (Lipinski definition) is 2. The molecule has 6 heteroatoms. The van der Waals surface area contributed by atoms with Crippen LogP contribution in [0.3, 0.4) is 0 Å². The lowest BCUT2D eigenvalue weighted by molar-refractivity contribution is -0.121. The summed E-state index contributed by atoms with van der Waals surface area (Å²) in [5.41, 5.74) is 3.06. The zero-order chi connectivity index (χ0) is 15.7. The van der Waals surface area contributed by atoms with Crippen molar-refractivity contribution in [2.24, 2.45) is 0 Å². The number of likely N-dealkylation sites (N-methyl/N-ethyl adjacent to an activating group) is 1. The van der Waals surface area contributed by atoms with E-state index in [4.69, 9.17) is 0 Å². The molecule has 1 aliphatic heterocycles. The van der Waals surface area contributed by atoms with Crippen molar-refractivity contribution in [3.8, 4) is 0 Å². The van der Waals surface area contributed by atoms with Crippen LogP contribution in [0.15, 0.2) is 30.6 Å². The van der Waals surface area contributed by atoms with Gasteiger partial charge in [-0.2, -0.15) is 0 Å². The van der Waals surface area contributed by atoms with Crippen molar-refractivity contribution in [1.29, 1.82) is 0 Å². The van der Waals surface area contributed by atoms with E-state index in [1.165, 1.54) is 6.92 Å². The number of H-pyrrole nitrogens is 1. The molecule has 22 heavy (non-hydrogen) atoms. The monoisotopic (exact) mass is 298 g/mol. The van der Waals surface area contributed by atoms with Gasteiger partial charge in [-0.05, 0) is 26.1 Å². The highest BCUT2D eigenvalue weighted by Crippen LogP contribution is 2.21. The van der Waals surface area contributed by atoms with Crippen molar-refractivity contribution in [3.63, 3.8) is 0 Å². The Balaban J connectivity index is 1.80. The van der Waals surface area contributed by atoms with Crippen LogP contribution in [-0.2, 0) is 17.8 Å². The molecular weight excluding hydrogens is 280 g/mol. The number of hydrogen-bond acceptors (Lipinski definition) is 4. The van der Waals surface area contributed by atoms with Crippen LogP contribution in [0, 0.1) is 0 Å². The molecule has 2 N–H and O–H groups in total. The Morgan fingerprint density at radius 1 is 1.36 bits per heavy atom. The summed E-state index contributed by atoms with van der Waals surface area (Å²) < 4.78 is 0. The standard InChI is InChI=1S/C16H18N4O2/c1-10(21)11-5-3-4-6-12(11)19-16(22)15-7-13-14(8-20(15)2)18-9-17-13/h3-6,9,15H,7-8H2,1-2H3,(H,17,18)(H,19,22). The largest absolute Gasteiger partial charge is 0.347 e. The average Bonchev–Trinajstić information content (AvgIpc) is 2.93. The molecule has 0 spiro atoms. The van der Waals surface area contributed by atoms with Crippen LogP contribution in [0.1, 0.15) is 28.7 Å². The molecule has 2 aromatic rings. The van der Waals surface area contributed by atoms with Crippen LogP contribution in [0.25, 0.3) is 0 Å². The number of carbonyl (C=O) groups excluding carboxylic acids is 2. The number of rotatable bonds is 3. The van der Waals surface area contributed by atoms with Gasteiger partial charge in [0.1, 0.15) is 0 Å². The van der Waals surface area contributed by atoms with E-state index >= 15 is 0 Å². The first-order chi connectivity index (χ1) is 10.6. The van der Waals surface area contributed by atoms with E-state index in [9.17, 15) is 9.59 Å². The van der Waals surface area contributed by atoms with E-state index in [0.29, 0.717) is 24.2 Å². The van der Waals surface area contributed by atoms with Crippen molar-refractivity contribution < 1.29 is 9.59 Å². The van der Waals surface area contributed by atoms with Crippen LogP contribution in [0.2, 0.25) is 0 Å². The predicted octanol–water partition coefficient (Wildman–Crippen LogP) is 1.61. The molecule has 6 nitrogen and oxygen atoms in total. The Kier molecular flexibility index (Phi) is 3.77. The number of nitrogens with zero attached hydrogens (tertiary/aromatic N) is 2. The van der Waals surface area contributed by atoms with Crippen molar-refractivity contribution in [3.05, 3.63) is 47.5 Å². The van der Waals surface area contributed by atoms with Gasteiger partial charge in [-0.1, -0.05) is 12.1 Å². The quantitative estimate of drug-likeness (QED) is 0.844. The molecule has 1 aromatic carbocycles. The SMILES string of the molecule is CC(=O)c1ccccc1NC(=O)C1Cc2nc[nH]c2CN1C. The highest BCUT2D eigenvalue weighted by molar-refractivity contribution is 6.04. The van der Waals surface area contributed by atoms with Crippen LogP contribution in [-0.4, -0.2) is 39.6 Å². The van der Waals surface area contributed by atoms with E-state index < -0.39 is 0 Å². The fourth-order valence-electron chi connectivity index (χ4n) is 2.77. The van der Waals surface area contributed by atoms with Gasteiger partial charge >= 0.3 is 0 Å². The summed E-state index contributed by atoms with van der Waals surface area (Å²) in [5.74, 6) is -0.188. The summed E-state index contributed by atoms with van der Waals surface area (Å²) in [4.78, 5) is 33.6. The number of imidazole rings is 1. The van der Waals surface area contributed by atoms with Crippen LogP contribution in [0.5, 0.6) is 0 Å². The summed E-state index contributed by atoms with van der Waals surface area (Å²) in [7, 11) is 1.91. The molecule has 1 aliphatic rings. The number of aromatic amines is 1. The highest BCUT2D eigenvalue weighted by atomic mass is 16.2. The Hall–Kier alpha value is -2.47. The number of anilines is 1. The molecule has 0 fully saturated rings. The van der Waals surface area contributed by atoms with Gasteiger partial charge in [-0.15, -0.1) is 0 Å². The third-order valence-electron chi connectivity index (χ3n) is 4.00. The van der Waals surface area contributed by atoms with E-state index in [1.54, 1.807) is 30.6 Å². The Morgan fingerprint density at radius 2 is 2.14 bits per heavy atom. The maximum atomic E-state index is 12.6. The minimum absolute atomic E-state index is 0.0671. The minimum Gasteiger partial charge on any atom is -0.347 e. The molecule has 0 saturated carbocycles. The van der Waals surface area contributed by atoms with Crippen LogP contribution < -0.4 is 5.32 Å². The number of para-hydroxylation sites is 1.